The van der Waals surface area contributed by atoms with Crippen LogP contribution in [0.5, 0.6) is 0 Å². The zero-order valence-corrected chi connectivity index (χ0v) is 15.1. The van der Waals surface area contributed by atoms with E-state index in [1.165, 1.54) is 34.0 Å². The minimum atomic E-state index is -1.08. The zero-order valence-electron chi connectivity index (χ0n) is 11.5. The number of carbonyl (C=O) groups is 1. The molecule has 0 radical (unpaired) electrons. The molecule has 6 nitrogen and oxygen atoms in total. The van der Waals surface area contributed by atoms with Crippen molar-refractivity contribution in [3.05, 3.63) is 59.2 Å². The molecule has 0 saturated heterocycles. The summed E-state index contributed by atoms with van der Waals surface area (Å²) < 4.78 is 1.55. The van der Waals surface area contributed by atoms with Crippen LogP contribution >= 0.6 is 21.6 Å². The van der Waals surface area contributed by atoms with E-state index in [0.717, 1.165) is 16.4 Å². The standard InChI is InChI=1S/C10H8N2O2S2.C2H4O2.Na/c13-11-7-3-1-5-9(11)15-16-10-6-2-4-8-12(10)14;1-2(3)4;/h1-8H;1H3,(H,3,4);/q;;+1/p-1. The number of carboxylic acids is 1. The van der Waals surface area contributed by atoms with Gasteiger partial charge in [0.1, 0.15) is 0 Å². The van der Waals surface area contributed by atoms with E-state index in [1.54, 1.807) is 36.4 Å². The molecule has 0 unspecified atom stereocenters. The Balaban J connectivity index is 0.000000715. The smallest absolute Gasteiger partial charge is 0.618 e. The molecule has 0 saturated carbocycles. The summed E-state index contributed by atoms with van der Waals surface area (Å²) in [5.41, 5.74) is 0. The third-order valence-corrected chi connectivity index (χ3v) is 4.12. The average Bonchev–Trinajstić information content (AvgIpc) is 2.39. The number of hydrogen-bond acceptors (Lipinski definition) is 6. The number of carbonyl (C=O) groups excluding carboxylic acids is 1. The van der Waals surface area contributed by atoms with Crippen LogP contribution in [-0.4, -0.2) is 5.97 Å². The van der Waals surface area contributed by atoms with Crippen LogP contribution in [0.4, 0.5) is 0 Å². The fourth-order valence-electron chi connectivity index (χ4n) is 1.04. The van der Waals surface area contributed by atoms with Crippen LogP contribution in [-0.2, 0) is 4.79 Å². The largest absolute Gasteiger partial charge is 1.00 e. The van der Waals surface area contributed by atoms with Crippen molar-refractivity contribution < 1.29 is 48.9 Å². The van der Waals surface area contributed by atoms with Crippen molar-refractivity contribution >= 4 is 27.6 Å². The van der Waals surface area contributed by atoms with Crippen LogP contribution in [0.3, 0.4) is 0 Å². The number of rotatable bonds is 3. The van der Waals surface area contributed by atoms with Crippen molar-refractivity contribution in [1.82, 2.24) is 0 Å². The molecule has 106 valence electrons. The van der Waals surface area contributed by atoms with Gasteiger partial charge in [-0.2, -0.15) is 9.46 Å². The van der Waals surface area contributed by atoms with E-state index in [-0.39, 0.29) is 29.6 Å². The van der Waals surface area contributed by atoms with Gasteiger partial charge in [-0.1, -0.05) is 0 Å². The van der Waals surface area contributed by atoms with Gasteiger partial charge >= 0.3 is 29.6 Å². The van der Waals surface area contributed by atoms with Gasteiger partial charge in [0.2, 0.25) is 0 Å². The Bertz CT molecular complexity index is 537. The number of pyridine rings is 2. The maximum atomic E-state index is 11.3. The predicted molar refractivity (Wildman–Crippen MR) is 73.2 cm³/mol. The number of hydrogen-bond donors (Lipinski definition) is 0. The van der Waals surface area contributed by atoms with Crippen molar-refractivity contribution in [1.29, 1.82) is 0 Å². The second-order valence-electron chi connectivity index (χ2n) is 3.39. The maximum absolute atomic E-state index is 11.3. The van der Waals surface area contributed by atoms with Gasteiger partial charge < -0.3 is 20.3 Å². The van der Waals surface area contributed by atoms with Gasteiger partial charge in [0.25, 0.3) is 10.1 Å². The van der Waals surface area contributed by atoms with E-state index in [1.807, 2.05) is 0 Å². The molecular weight excluding hydrogens is 323 g/mol. The fraction of sp³-hybridized carbons (Fsp3) is 0.0833. The Hall–Kier alpha value is -0.930. The number of aromatic nitrogens is 2. The first-order valence-corrected chi connectivity index (χ1v) is 7.54. The molecule has 0 aliphatic carbocycles. The Kier molecular flexibility index (Phi) is 10.3. The zero-order chi connectivity index (χ0) is 15.0. The van der Waals surface area contributed by atoms with Crippen LogP contribution in [0.15, 0.2) is 58.8 Å². The second kappa shape index (κ2) is 10.7. The van der Waals surface area contributed by atoms with Crippen LogP contribution in [0.25, 0.3) is 0 Å². The molecule has 0 aliphatic heterocycles. The molecule has 0 bridgehead atoms. The van der Waals surface area contributed by atoms with Crippen molar-refractivity contribution in [2.75, 3.05) is 0 Å². The first-order chi connectivity index (χ1) is 9.50. The molecule has 9 heteroatoms. The molecule has 0 aliphatic rings. The van der Waals surface area contributed by atoms with Crippen molar-refractivity contribution in [2.24, 2.45) is 0 Å². The third-order valence-electron chi connectivity index (χ3n) is 1.79. The van der Waals surface area contributed by atoms with E-state index < -0.39 is 5.97 Å². The summed E-state index contributed by atoms with van der Waals surface area (Å²) in [5, 5.41) is 32.6. The monoisotopic (exact) mass is 334 g/mol. The minimum Gasteiger partial charge on any atom is -0.618 e. The second-order valence-corrected chi connectivity index (χ2v) is 5.56. The van der Waals surface area contributed by atoms with Gasteiger partial charge in [0.05, 0.1) is 0 Å². The molecular formula is C12H11N2NaO4S2. The third kappa shape index (κ3) is 8.18. The molecule has 0 amide bonds. The SMILES string of the molecule is CC(=O)[O-].[Na+].[O-][n+]1ccccc1SSc1cccc[n+]1[O-]. The summed E-state index contributed by atoms with van der Waals surface area (Å²) in [4.78, 5) is 8.89. The van der Waals surface area contributed by atoms with Gasteiger partial charge in [-0.25, -0.2) is 0 Å². The maximum Gasteiger partial charge on any atom is 1.00 e. The summed E-state index contributed by atoms with van der Waals surface area (Å²) in [6, 6.07) is 10.3. The quantitative estimate of drug-likeness (QED) is 0.267. The van der Waals surface area contributed by atoms with E-state index in [0.29, 0.717) is 10.1 Å². The topological polar surface area (TPSA) is 94.0 Å². The summed E-state index contributed by atoms with van der Waals surface area (Å²) in [6.07, 6.45) is 2.86. The summed E-state index contributed by atoms with van der Waals surface area (Å²) >= 11 is 0. The fourth-order valence-corrected chi connectivity index (χ4v) is 3.03. The van der Waals surface area contributed by atoms with E-state index in [9.17, 15) is 10.4 Å². The predicted octanol–water partition coefficient (Wildman–Crippen LogP) is -2.49. The van der Waals surface area contributed by atoms with Gasteiger partial charge in [0, 0.05) is 51.8 Å². The Morgan fingerprint density at radius 3 is 1.57 bits per heavy atom. The number of carboxylic acid groups (broad SMARTS) is 1. The van der Waals surface area contributed by atoms with E-state index in [2.05, 4.69) is 0 Å². The average molecular weight is 334 g/mol. The first kappa shape index (κ1) is 20.1. The molecule has 0 spiro atoms. The van der Waals surface area contributed by atoms with Gasteiger partial charge in [-0.05, 0) is 19.1 Å². The summed E-state index contributed by atoms with van der Waals surface area (Å²) in [5.74, 6) is -1.08. The van der Waals surface area contributed by atoms with Gasteiger partial charge in [0.15, 0.2) is 12.4 Å². The van der Waals surface area contributed by atoms with Gasteiger partial charge in [-0.15, -0.1) is 0 Å². The Morgan fingerprint density at radius 1 is 0.952 bits per heavy atom. The van der Waals surface area contributed by atoms with Crippen LogP contribution in [0.1, 0.15) is 6.92 Å². The molecule has 0 atom stereocenters. The summed E-state index contributed by atoms with van der Waals surface area (Å²) in [6.45, 7) is 0.972. The van der Waals surface area contributed by atoms with E-state index in [4.69, 9.17) is 9.90 Å². The molecule has 2 aromatic heterocycles. The van der Waals surface area contributed by atoms with Crippen LogP contribution < -0.4 is 44.1 Å². The molecule has 2 rings (SSSR count). The molecule has 2 aromatic rings. The molecule has 2 heterocycles. The molecule has 0 fully saturated rings. The number of aliphatic carboxylic acids is 1. The van der Waals surface area contributed by atoms with Crippen molar-refractivity contribution in [2.45, 2.75) is 17.0 Å². The van der Waals surface area contributed by atoms with E-state index >= 15 is 0 Å². The number of nitrogens with zero attached hydrogens (tertiary/aromatic N) is 2. The molecule has 0 N–H and O–H groups in total. The first-order valence-electron chi connectivity index (χ1n) is 5.39. The molecule has 0 aromatic carbocycles. The normalized spacial score (nSPS) is 9.00. The Labute approximate surface area is 152 Å². The molecule has 21 heavy (non-hydrogen) atoms. The van der Waals surface area contributed by atoms with Crippen molar-refractivity contribution in [3.8, 4) is 0 Å². The van der Waals surface area contributed by atoms with Crippen LogP contribution in [0.2, 0.25) is 0 Å². The van der Waals surface area contributed by atoms with Gasteiger partial charge in [-0.3, -0.25) is 0 Å². The minimum absolute atomic E-state index is 0. The Morgan fingerprint density at radius 2 is 1.29 bits per heavy atom. The summed E-state index contributed by atoms with van der Waals surface area (Å²) in [7, 11) is 2.52. The van der Waals surface area contributed by atoms with Crippen LogP contribution in [0, 0.1) is 10.4 Å². The van der Waals surface area contributed by atoms with Crippen molar-refractivity contribution in [3.63, 3.8) is 0 Å².